The van der Waals surface area contributed by atoms with Crippen molar-refractivity contribution in [3.8, 4) is 0 Å². The van der Waals surface area contributed by atoms with Gasteiger partial charge in [-0.15, -0.1) is 0 Å². The molecule has 1 saturated heterocycles. The third-order valence-electron chi connectivity index (χ3n) is 8.73. The Morgan fingerprint density at radius 3 is 2.55 bits per heavy atom. The third-order valence-corrected chi connectivity index (χ3v) is 8.73. The molecule has 3 rings (SSSR count). The number of aliphatic hydroxyl groups excluding tert-OH is 3. The fraction of sp³-hybridized carbons (Fsp3) is 0.889. The predicted molar refractivity (Wildman–Crippen MR) is 155 cm³/mol. The molecule has 44 heavy (non-hydrogen) atoms. The maximum atomic E-state index is 14.1. The molecule has 2 heterocycles. The highest BCUT2D eigenvalue weighted by Gasteiger charge is 2.54. The first kappa shape index (κ1) is 36.9. The summed E-state index contributed by atoms with van der Waals surface area (Å²) in [5.41, 5.74) is 21.6. The third kappa shape index (κ3) is 8.40. The summed E-state index contributed by atoms with van der Waals surface area (Å²) < 4.78 is 46.1. The molecule has 1 amide bonds. The molecule has 1 saturated carbocycles. The highest BCUT2D eigenvalue weighted by atomic mass is 19.3. The monoisotopic (exact) mass is 639 g/mol. The number of rotatable bonds is 14. The van der Waals surface area contributed by atoms with Crippen molar-refractivity contribution in [3.63, 3.8) is 0 Å². The average molecular weight is 640 g/mol. The Balaban J connectivity index is 1.92. The predicted octanol–water partition coefficient (Wildman–Crippen LogP) is -4.10. The van der Waals surface area contributed by atoms with Crippen molar-refractivity contribution in [3.05, 3.63) is 11.8 Å². The minimum atomic E-state index is -3.92. The van der Waals surface area contributed by atoms with Gasteiger partial charge in [0.1, 0.15) is 29.7 Å². The average Bonchev–Trinajstić information content (AvgIpc) is 2.98. The van der Waals surface area contributed by atoms with Crippen molar-refractivity contribution in [2.24, 2.45) is 28.9 Å². The van der Waals surface area contributed by atoms with Crippen LogP contribution in [0.25, 0.3) is 0 Å². The number of unbranched alkanes of at least 4 members (excludes halogenated alkanes) is 1. The molecule has 15 nitrogen and oxygen atoms in total. The van der Waals surface area contributed by atoms with Crippen LogP contribution in [-0.4, -0.2) is 139 Å². The van der Waals surface area contributed by atoms with Crippen molar-refractivity contribution in [1.82, 2.24) is 16.0 Å². The van der Waals surface area contributed by atoms with E-state index in [4.69, 9.17) is 37.1 Å². The summed E-state index contributed by atoms with van der Waals surface area (Å²) in [6, 6.07) is -3.26. The zero-order valence-corrected chi connectivity index (χ0v) is 25.3. The lowest BCUT2D eigenvalue weighted by molar-refractivity contribution is -0.297. The number of nitrogens with two attached hydrogens (primary N) is 4. The molecule has 12 atom stereocenters. The largest absolute Gasteiger partial charge is 0.492 e. The summed E-state index contributed by atoms with van der Waals surface area (Å²) in [7, 11) is 1.53. The molecular formula is C27H51F2N7O8. The van der Waals surface area contributed by atoms with Crippen LogP contribution in [0.4, 0.5) is 8.78 Å². The number of halogens is 2. The van der Waals surface area contributed by atoms with Crippen LogP contribution in [0.1, 0.15) is 32.6 Å². The molecule has 0 aromatic rings. The molecule has 0 radical (unpaired) electrons. The van der Waals surface area contributed by atoms with E-state index in [1.54, 1.807) is 0 Å². The number of nitrogens with one attached hydrogen (secondary N) is 3. The lowest BCUT2D eigenvalue weighted by Gasteiger charge is -2.51. The van der Waals surface area contributed by atoms with E-state index < -0.39 is 84.8 Å². The van der Waals surface area contributed by atoms with E-state index in [1.807, 2.05) is 6.08 Å². The number of carbonyl (C=O) groups excluding carboxylic acids is 1. The number of likely N-dealkylation sites (N-methyl/N-ethyl adjacent to an activating group) is 1. The molecule has 0 spiro atoms. The topological polar surface area (TPSA) is 266 Å². The summed E-state index contributed by atoms with van der Waals surface area (Å²) in [5.74, 6) is -5.69. The van der Waals surface area contributed by atoms with E-state index in [2.05, 4.69) is 16.0 Å². The minimum Gasteiger partial charge on any atom is -0.492 e. The highest BCUT2D eigenvalue weighted by molar-refractivity contribution is 5.82. The van der Waals surface area contributed by atoms with E-state index >= 15 is 0 Å². The van der Waals surface area contributed by atoms with Crippen molar-refractivity contribution >= 4 is 5.91 Å². The van der Waals surface area contributed by atoms with Gasteiger partial charge < -0.3 is 73.5 Å². The zero-order valence-electron chi connectivity index (χ0n) is 25.3. The molecule has 15 N–H and O–H groups in total. The second-order valence-corrected chi connectivity index (χ2v) is 12.1. The van der Waals surface area contributed by atoms with Crippen molar-refractivity contribution in [2.45, 2.75) is 105 Å². The van der Waals surface area contributed by atoms with Crippen LogP contribution in [0.5, 0.6) is 0 Å². The van der Waals surface area contributed by atoms with Crippen molar-refractivity contribution < 1.29 is 48.2 Å². The molecule has 0 aromatic carbocycles. The van der Waals surface area contributed by atoms with Gasteiger partial charge in [0.05, 0.1) is 37.9 Å². The lowest BCUT2D eigenvalue weighted by Crippen LogP contribution is -2.70. The molecule has 3 aliphatic rings. The molecule has 0 bridgehead atoms. The van der Waals surface area contributed by atoms with Crippen molar-refractivity contribution in [1.29, 1.82) is 0 Å². The van der Waals surface area contributed by atoms with Crippen LogP contribution >= 0.6 is 0 Å². The Kier molecular flexibility index (Phi) is 13.2. The fourth-order valence-electron chi connectivity index (χ4n) is 6.27. The maximum absolute atomic E-state index is 14.1. The maximum Gasteiger partial charge on any atom is 0.294 e. The fourth-order valence-corrected chi connectivity index (χ4v) is 6.27. The van der Waals surface area contributed by atoms with Gasteiger partial charge in [-0.1, -0.05) is 0 Å². The summed E-state index contributed by atoms with van der Waals surface area (Å²) in [6.07, 6.45) is -5.32. The number of hydrogen-bond donors (Lipinski definition) is 11. The number of alkyl halides is 2. The van der Waals surface area contributed by atoms with E-state index in [9.17, 15) is 34.0 Å². The summed E-state index contributed by atoms with van der Waals surface area (Å²) in [6.45, 7) is 1.18. The molecule has 17 heteroatoms. The van der Waals surface area contributed by atoms with E-state index in [0.29, 0.717) is 25.3 Å². The quantitative estimate of drug-likeness (QED) is 0.0807. The highest BCUT2D eigenvalue weighted by Crippen LogP contribution is 2.37. The number of carbonyl (C=O) groups is 1. The molecule has 2 fully saturated rings. The first-order valence-electron chi connectivity index (χ1n) is 15.1. The molecule has 1 aliphatic carbocycles. The van der Waals surface area contributed by atoms with Gasteiger partial charge in [-0.25, -0.2) is 8.78 Å². The van der Waals surface area contributed by atoms with Crippen LogP contribution in [0.15, 0.2) is 11.8 Å². The van der Waals surface area contributed by atoms with Crippen LogP contribution in [-0.2, 0) is 19.0 Å². The molecule has 256 valence electrons. The molecular weight excluding hydrogens is 588 g/mol. The van der Waals surface area contributed by atoms with Gasteiger partial charge in [0.25, 0.3) is 11.8 Å². The van der Waals surface area contributed by atoms with Gasteiger partial charge in [-0.2, -0.15) is 0 Å². The van der Waals surface area contributed by atoms with Gasteiger partial charge >= 0.3 is 0 Å². The zero-order chi connectivity index (χ0) is 32.8. The number of hydrogen-bond acceptors (Lipinski definition) is 14. The summed E-state index contributed by atoms with van der Waals surface area (Å²) in [5, 5.41) is 52.1. The lowest BCUT2D eigenvalue weighted by atomic mass is 9.72. The van der Waals surface area contributed by atoms with Crippen LogP contribution in [0.2, 0.25) is 0 Å². The second kappa shape index (κ2) is 15.8. The summed E-state index contributed by atoms with van der Waals surface area (Å²) in [4.78, 5) is 12.7. The van der Waals surface area contributed by atoms with E-state index in [0.717, 1.165) is 12.8 Å². The molecule has 2 unspecified atom stereocenters. The first-order valence-corrected chi connectivity index (χ1v) is 15.1. The number of amides is 1. The van der Waals surface area contributed by atoms with Gasteiger partial charge in [0.2, 0.25) is 0 Å². The normalized spacial score (nSPS) is 38.9. The standard InChI is InChI=1S/C27H51F2N7O8/c1-26(41)12-42-25(19(38)22(26)34-2)44-21-16(36-24(40)23(39)27(28,29)11-32)9-14(33)17(18(21)37)20-15(35-8-4-3-7-30)6-5-13(10-31)43-20/h5,14-23,25,34-35,37-39,41H,3-4,6-12,30-33H2,1-2H3,(H,36,40)/t14-,15+,16+,17?,18-,19+,20-,21-,22+,23?,25+,26-/m0/s1. The number of aliphatic hydroxyl groups is 4. The Hall–Kier alpha value is -1.61. The van der Waals surface area contributed by atoms with Crippen LogP contribution in [0.3, 0.4) is 0 Å². The van der Waals surface area contributed by atoms with Gasteiger partial charge in [-0.3, -0.25) is 4.79 Å². The van der Waals surface area contributed by atoms with Crippen LogP contribution < -0.4 is 38.9 Å². The SMILES string of the molecule is CN[C@@H]1[C@@H](O)[C@@H](O[C@H]2[C@H](NC(=O)C(O)C(F)(F)CN)C[C@H](N)C([C@H]3OC(CN)=CC[C@H]3NCCCCN)[C@@H]2O)OC[C@]1(C)O. The Labute approximate surface area is 256 Å². The first-order chi connectivity index (χ1) is 20.7. The van der Waals surface area contributed by atoms with Gasteiger partial charge in [0.15, 0.2) is 12.4 Å². The van der Waals surface area contributed by atoms with E-state index in [-0.39, 0.29) is 25.6 Å². The second-order valence-electron chi connectivity index (χ2n) is 12.1. The summed E-state index contributed by atoms with van der Waals surface area (Å²) >= 11 is 0. The van der Waals surface area contributed by atoms with Gasteiger partial charge in [-0.05, 0) is 58.8 Å². The number of ether oxygens (including phenoxy) is 3. The van der Waals surface area contributed by atoms with Gasteiger partial charge in [0, 0.05) is 18.0 Å². The smallest absolute Gasteiger partial charge is 0.294 e. The van der Waals surface area contributed by atoms with Crippen molar-refractivity contribution in [2.75, 3.05) is 39.8 Å². The molecule has 2 aliphatic heterocycles. The minimum absolute atomic E-state index is 0.0868. The Bertz CT molecular complexity index is 967. The Morgan fingerprint density at radius 1 is 1.23 bits per heavy atom. The molecule has 0 aromatic heterocycles. The Morgan fingerprint density at radius 2 is 1.93 bits per heavy atom. The van der Waals surface area contributed by atoms with Crippen LogP contribution in [0, 0.1) is 5.92 Å². The van der Waals surface area contributed by atoms with E-state index in [1.165, 1.54) is 14.0 Å².